The van der Waals surface area contributed by atoms with Crippen LogP contribution in [0.15, 0.2) is 18.2 Å². The van der Waals surface area contributed by atoms with Crippen molar-refractivity contribution >= 4 is 17.5 Å². The number of ether oxygens (including phenoxy) is 3. The average Bonchev–Trinajstić information content (AvgIpc) is 3.04. The van der Waals surface area contributed by atoms with Crippen molar-refractivity contribution in [2.24, 2.45) is 0 Å². The number of fused-ring (bicyclic) bond motifs is 3. The van der Waals surface area contributed by atoms with Crippen LogP contribution in [0.25, 0.3) is 0 Å². The van der Waals surface area contributed by atoms with E-state index in [1.54, 1.807) is 6.07 Å². The number of hydrogen-bond donors (Lipinski definition) is 3. The maximum atomic E-state index is 12.1. The summed E-state index contributed by atoms with van der Waals surface area (Å²) in [6.07, 6.45) is 0.640. The fourth-order valence-electron chi connectivity index (χ4n) is 3.84. The summed E-state index contributed by atoms with van der Waals surface area (Å²) in [5.74, 6) is 0.423. The number of benzene rings is 1. The molecule has 1 aromatic carbocycles. The predicted octanol–water partition coefficient (Wildman–Crippen LogP) is 1.18. The minimum atomic E-state index is -0.498. The van der Waals surface area contributed by atoms with Crippen LogP contribution in [-0.2, 0) is 19.1 Å². The second-order valence-corrected chi connectivity index (χ2v) is 7.19. The molecule has 0 aliphatic carbocycles. The third-order valence-corrected chi connectivity index (χ3v) is 5.04. The highest BCUT2D eigenvalue weighted by atomic mass is 16.6. The van der Waals surface area contributed by atoms with Gasteiger partial charge in [-0.2, -0.15) is 0 Å². The summed E-state index contributed by atoms with van der Waals surface area (Å²) in [4.78, 5) is 23.9. The van der Waals surface area contributed by atoms with Gasteiger partial charge in [0.25, 0.3) is 0 Å². The van der Waals surface area contributed by atoms with Crippen molar-refractivity contribution in [1.82, 2.24) is 5.32 Å². The van der Waals surface area contributed by atoms with Gasteiger partial charge in [0.2, 0.25) is 11.8 Å². The average molecular weight is 392 g/mol. The fourth-order valence-corrected chi connectivity index (χ4v) is 3.84. The van der Waals surface area contributed by atoms with Crippen LogP contribution in [0.1, 0.15) is 37.7 Å². The summed E-state index contributed by atoms with van der Waals surface area (Å²) in [7, 11) is 1.47. The van der Waals surface area contributed by atoms with Gasteiger partial charge in [0.05, 0.1) is 19.1 Å². The fraction of sp³-hybridized carbons (Fsp3) is 0.600. The van der Waals surface area contributed by atoms with Crippen molar-refractivity contribution in [3.8, 4) is 5.75 Å². The number of hydrogen-bond acceptors (Lipinski definition) is 6. The molecule has 1 saturated heterocycles. The standard InChI is InChI=1S/C20H28N2O6/c1-3-6-21-18(24)9-13-8-15-14-7-12(22-19(25)11-26-2)4-5-16(14)28-20(15)17(10-23)27-13/h4-5,7,13,15,17,20,23H,3,6,8-11H2,1-2H3,(H,21,24)(H,22,25)/t13-,15+,17-,20-/m1/s1. The lowest BCUT2D eigenvalue weighted by Crippen LogP contribution is -2.47. The molecule has 0 spiro atoms. The van der Waals surface area contributed by atoms with Gasteiger partial charge in [0, 0.05) is 30.8 Å². The number of anilines is 1. The molecule has 2 aliphatic heterocycles. The molecule has 1 fully saturated rings. The Hall–Kier alpha value is -2.16. The Balaban J connectivity index is 1.74. The highest BCUT2D eigenvalue weighted by molar-refractivity contribution is 5.91. The number of aliphatic hydroxyl groups is 1. The number of aliphatic hydroxyl groups excluding tert-OH is 1. The molecular weight excluding hydrogens is 364 g/mol. The Labute approximate surface area is 164 Å². The highest BCUT2D eigenvalue weighted by Gasteiger charge is 2.46. The zero-order chi connectivity index (χ0) is 20.1. The van der Waals surface area contributed by atoms with Crippen LogP contribution >= 0.6 is 0 Å². The Morgan fingerprint density at radius 3 is 2.86 bits per heavy atom. The molecular formula is C20H28N2O6. The van der Waals surface area contributed by atoms with Gasteiger partial charge >= 0.3 is 0 Å². The van der Waals surface area contributed by atoms with Crippen molar-refractivity contribution in [2.45, 2.75) is 50.4 Å². The third kappa shape index (κ3) is 4.63. The molecule has 28 heavy (non-hydrogen) atoms. The number of carbonyl (C=O) groups excluding carboxylic acids is 2. The number of nitrogens with one attached hydrogen (secondary N) is 2. The lowest BCUT2D eigenvalue weighted by Gasteiger charge is -2.37. The molecule has 1 aromatic rings. The zero-order valence-corrected chi connectivity index (χ0v) is 16.3. The monoisotopic (exact) mass is 392 g/mol. The summed E-state index contributed by atoms with van der Waals surface area (Å²) >= 11 is 0. The number of rotatable bonds is 8. The van der Waals surface area contributed by atoms with Crippen LogP contribution in [0.5, 0.6) is 5.75 Å². The van der Waals surface area contributed by atoms with Gasteiger partial charge < -0.3 is 30.0 Å². The minimum absolute atomic E-state index is 0.0100. The second kappa shape index (κ2) is 9.36. The topological polar surface area (TPSA) is 106 Å². The highest BCUT2D eigenvalue weighted by Crippen LogP contribution is 2.47. The van der Waals surface area contributed by atoms with Gasteiger partial charge in [0.1, 0.15) is 24.6 Å². The van der Waals surface area contributed by atoms with Crippen LogP contribution in [0.4, 0.5) is 5.69 Å². The zero-order valence-electron chi connectivity index (χ0n) is 16.3. The largest absolute Gasteiger partial charge is 0.487 e. The lowest BCUT2D eigenvalue weighted by molar-refractivity contribution is -0.142. The van der Waals surface area contributed by atoms with Crippen LogP contribution in [0, 0.1) is 0 Å². The smallest absolute Gasteiger partial charge is 0.250 e. The van der Waals surface area contributed by atoms with E-state index in [0.717, 1.165) is 17.7 Å². The van der Waals surface area contributed by atoms with E-state index in [1.165, 1.54) is 7.11 Å². The van der Waals surface area contributed by atoms with E-state index in [-0.39, 0.29) is 49.6 Å². The first-order valence-electron chi connectivity index (χ1n) is 9.68. The van der Waals surface area contributed by atoms with E-state index in [4.69, 9.17) is 14.2 Å². The number of carbonyl (C=O) groups is 2. The minimum Gasteiger partial charge on any atom is -0.487 e. The van der Waals surface area contributed by atoms with Gasteiger partial charge in [-0.25, -0.2) is 0 Å². The molecule has 8 heteroatoms. The van der Waals surface area contributed by atoms with Gasteiger partial charge in [-0.05, 0) is 31.0 Å². The van der Waals surface area contributed by atoms with E-state index < -0.39 is 6.10 Å². The van der Waals surface area contributed by atoms with Crippen molar-refractivity contribution in [3.63, 3.8) is 0 Å². The van der Waals surface area contributed by atoms with E-state index in [1.807, 2.05) is 19.1 Å². The molecule has 0 saturated carbocycles. The van der Waals surface area contributed by atoms with Gasteiger partial charge in [-0.15, -0.1) is 0 Å². The normalized spacial score (nSPS) is 25.4. The Morgan fingerprint density at radius 2 is 2.14 bits per heavy atom. The first kappa shape index (κ1) is 20.6. The summed E-state index contributed by atoms with van der Waals surface area (Å²) in [6.45, 7) is 2.44. The Kier molecular flexibility index (Phi) is 6.88. The van der Waals surface area contributed by atoms with E-state index in [9.17, 15) is 14.7 Å². The summed E-state index contributed by atoms with van der Waals surface area (Å²) in [6, 6.07) is 5.48. The molecule has 3 rings (SSSR count). The molecule has 0 unspecified atom stereocenters. The van der Waals surface area contributed by atoms with Crippen LogP contribution in [0.2, 0.25) is 0 Å². The molecule has 2 aliphatic rings. The lowest BCUT2D eigenvalue weighted by atomic mass is 9.84. The van der Waals surface area contributed by atoms with Crippen molar-refractivity contribution in [2.75, 3.05) is 32.2 Å². The summed E-state index contributed by atoms with van der Waals surface area (Å²) in [5.41, 5.74) is 1.62. The number of methoxy groups -OCH3 is 1. The van der Waals surface area contributed by atoms with E-state index >= 15 is 0 Å². The van der Waals surface area contributed by atoms with Crippen molar-refractivity contribution < 1.29 is 28.9 Å². The maximum absolute atomic E-state index is 12.1. The molecule has 0 radical (unpaired) electrons. The first-order chi connectivity index (χ1) is 13.5. The van der Waals surface area contributed by atoms with Crippen LogP contribution < -0.4 is 15.4 Å². The van der Waals surface area contributed by atoms with Gasteiger partial charge in [-0.1, -0.05) is 6.92 Å². The van der Waals surface area contributed by atoms with Crippen molar-refractivity contribution in [1.29, 1.82) is 0 Å². The van der Waals surface area contributed by atoms with Crippen LogP contribution in [0.3, 0.4) is 0 Å². The predicted molar refractivity (Wildman–Crippen MR) is 102 cm³/mol. The quantitative estimate of drug-likeness (QED) is 0.614. The molecule has 2 amide bonds. The molecule has 4 atom stereocenters. The molecule has 8 nitrogen and oxygen atoms in total. The summed E-state index contributed by atoms with van der Waals surface area (Å²) in [5, 5.41) is 15.4. The first-order valence-corrected chi connectivity index (χ1v) is 9.68. The van der Waals surface area contributed by atoms with E-state index in [2.05, 4.69) is 10.6 Å². The Bertz CT molecular complexity index is 710. The van der Waals surface area contributed by atoms with E-state index in [0.29, 0.717) is 18.7 Å². The number of amides is 2. The van der Waals surface area contributed by atoms with Crippen LogP contribution in [-0.4, -0.2) is 62.1 Å². The molecule has 0 aromatic heterocycles. The molecule has 2 heterocycles. The SMILES string of the molecule is CCCNC(=O)C[C@H]1C[C@H]2c3cc(NC(=O)COC)ccc3O[C@H]2[C@@H](CO)O1. The van der Waals surface area contributed by atoms with Crippen molar-refractivity contribution in [3.05, 3.63) is 23.8 Å². The maximum Gasteiger partial charge on any atom is 0.250 e. The van der Waals surface area contributed by atoms with Gasteiger partial charge in [-0.3, -0.25) is 9.59 Å². The second-order valence-electron chi connectivity index (χ2n) is 7.19. The molecule has 0 bridgehead atoms. The third-order valence-electron chi connectivity index (χ3n) is 5.04. The van der Waals surface area contributed by atoms with Gasteiger partial charge in [0.15, 0.2) is 0 Å². The Morgan fingerprint density at radius 1 is 1.32 bits per heavy atom. The molecule has 3 N–H and O–H groups in total. The molecule has 154 valence electrons. The summed E-state index contributed by atoms with van der Waals surface area (Å²) < 4.78 is 16.8.